The molecule has 0 unspecified atom stereocenters. The number of rotatable bonds is 6. The highest BCUT2D eigenvalue weighted by atomic mass is 35.5. The van der Waals surface area contributed by atoms with Crippen molar-refractivity contribution in [1.29, 1.82) is 0 Å². The van der Waals surface area contributed by atoms with Crippen molar-refractivity contribution in [2.24, 2.45) is 0 Å². The van der Waals surface area contributed by atoms with E-state index >= 15 is 0 Å². The normalized spacial score (nSPS) is 8.00. The van der Waals surface area contributed by atoms with Crippen LogP contribution in [0.2, 0.25) is 0 Å². The summed E-state index contributed by atoms with van der Waals surface area (Å²) in [5.41, 5.74) is 0. The average Bonchev–Trinajstić information content (AvgIpc) is 2.07. The summed E-state index contributed by atoms with van der Waals surface area (Å²) in [4.78, 5) is 10.2. The predicted octanol–water partition coefficient (Wildman–Crippen LogP) is -1.45. The number of carboxylic acid groups (broad SMARTS) is 1. The summed E-state index contributed by atoms with van der Waals surface area (Å²) in [5, 5.41) is 32.3. The SMILES string of the molecule is Cl.N.O=CO.OCCN(CCO)CCO. The van der Waals surface area contributed by atoms with Crippen molar-refractivity contribution in [3.63, 3.8) is 0 Å². The van der Waals surface area contributed by atoms with Gasteiger partial charge in [-0.2, -0.15) is 0 Å². The van der Waals surface area contributed by atoms with E-state index in [1.54, 1.807) is 4.90 Å². The third-order valence-corrected chi connectivity index (χ3v) is 1.25. The van der Waals surface area contributed by atoms with Crippen molar-refractivity contribution in [2.75, 3.05) is 39.5 Å². The Kier molecular flexibility index (Phi) is 37.5. The van der Waals surface area contributed by atoms with Crippen molar-refractivity contribution in [2.45, 2.75) is 0 Å². The number of hydrogen-bond acceptors (Lipinski definition) is 6. The Balaban J connectivity index is -0.000000108. The first kappa shape index (κ1) is 24.0. The van der Waals surface area contributed by atoms with Gasteiger partial charge >= 0.3 is 0 Å². The largest absolute Gasteiger partial charge is 0.483 e. The van der Waals surface area contributed by atoms with E-state index in [2.05, 4.69) is 0 Å². The fraction of sp³-hybridized carbons (Fsp3) is 0.857. The summed E-state index contributed by atoms with van der Waals surface area (Å²) in [6, 6.07) is 0. The van der Waals surface area contributed by atoms with Crippen LogP contribution in [0.4, 0.5) is 0 Å². The van der Waals surface area contributed by atoms with E-state index in [1.165, 1.54) is 0 Å². The molecular formula is C7H21ClN2O5. The van der Waals surface area contributed by atoms with Gasteiger partial charge in [-0.1, -0.05) is 0 Å². The van der Waals surface area contributed by atoms with Crippen LogP contribution in [-0.2, 0) is 4.79 Å². The number of halogens is 1. The number of aliphatic hydroxyl groups is 3. The van der Waals surface area contributed by atoms with Gasteiger partial charge in [-0.15, -0.1) is 12.4 Å². The first-order valence-electron chi connectivity index (χ1n) is 3.89. The van der Waals surface area contributed by atoms with Crippen LogP contribution in [0.3, 0.4) is 0 Å². The Labute approximate surface area is 95.3 Å². The molecule has 0 saturated carbocycles. The van der Waals surface area contributed by atoms with Gasteiger partial charge in [0.1, 0.15) is 0 Å². The van der Waals surface area contributed by atoms with Gasteiger partial charge in [0.25, 0.3) is 6.47 Å². The van der Waals surface area contributed by atoms with E-state index in [9.17, 15) is 0 Å². The van der Waals surface area contributed by atoms with Crippen molar-refractivity contribution < 1.29 is 25.2 Å². The number of nitrogens with zero attached hydrogens (tertiary/aromatic N) is 1. The third kappa shape index (κ3) is 24.7. The highest BCUT2D eigenvalue weighted by Gasteiger charge is 2.00. The van der Waals surface area contributed by atoms with Crippen molar-refractivity contribution >= 4 is 18.9 Å². The van der Waals surface area contributed by atoms with Gasteiger partial charge in [0, 0.05) is 19.6 Å². The number of hydrogen-bond donors (Lipinski definition) is 5. The molecule has 0 aromatic rings. The summed E-state index contributed by atoms with van der Waals surface area (Å²) >= 11 is 0. The lowest BCUT2D eigenvalue weighted by Crippen LogP contribution is -2.32. The number of carbonyl (C=O) groups is 1. The fourth-order valence-corrected chi connectivity index (χ4v) is 0.760. The van der Waals surface area contributed by atoms with E-state index in [1.807, 2.05) is 0 Å². The molecule has 0 aromatic heterocycles. The Morgan fingerprint density at radius 1 is 0.933 bits per heavy atom. The highest BCUT2D eigenvalue weighted by molar-refractivity contribution is 5.85. The second-order valence-electron chi connectivity index (χ2n) is 2.12. The van der Waals surface area contributed by atoms with Gasteiger partial charge in [0.15, 0.2) is 0 Å². The molecule has 0 aliphatic carbocycles. The molecule has 7 N–H and O–H groups in total. The van der Waals surface area contributed by atoms with Crippen LogP contribution >= 0.6 is 12.4 Å². The van der Waals surface area contributed by atoms with Crippen LogP contribution in [0.5, 0.6) is 0 Å². The van der Waals surface area contributed by atoms with Crippen LogP contribution in [-0.4, -0.2) is 71.3 Å². The smallest absolute Gasteiger partial charge is 0.290 e. The summed E-state index contributed by atoms with van der Waals surface area (Å²) in [7, 11) is 0. The first-order chi connectivity index (χ1) is 6.26. The maximum absolute atomic E-state index is 8.48. The molecule has 0 saturated heterocycles. The molecule has 0 rings (SSSR count). The van der Waals surface area contributed by atoms with Crippen molar-refractivity contribution in [1.82, 2.24) is 11.1 Å². The monoisotopic (exact) mass is 248 g/mol. The third-order valence-electron chi connectivity index (χ3n) is 1.25. The molecular weight excluding hydrogens is 228 g/mol. The van der Waals surface area contributed by atoms with E-state index in [0.717, 1.165) is 0 Å². The van der Waals surface area contributed by atoms with Crippen LogP contribution in [0.25, 0.3) is 0 Å². The second-order valence-corrected chi connectivity index (χ2v) is 2.12. The zero-order valence-electron chi connectivity index (χ0n) is 8.58. The maximum atomic E-state index is 8.48. The van der Waals surface area contributed by atoms with Gasteiger partial charge in [-0.3, -0.25) is 9.69 Å². The Bertz CT molecular complexity index is 95.1. The quantitative estimate of drug-likeness (QED) is 0.363. The minimum absolute atomic E-state index is 0. The lowest BCUT2D eigenvalue weighted by atomic mass is 10.4. The summed E-state index contributed by atoms with van der Waals surface area (Å²) in [6.07, 6.45) is 0. The molecule has 0 fully saturated rings. The van der Waals surface area contributed by atoms with E-state index < -0.39 is 0 Å². The Hall–Kier alpha value is -0.440. The van der Waals surface area contributed by atoms with Crippen LogP contribution in [0, 0.1) is 0 Å². The van der Waals surface area contributed by atoms with Gasteiger partial charge in [-0.05, 0) is 0 Å². The molecule has 0 atom stereocenters. The van der Waals surface area contributed by atoms with Gasteiger partial charge in [-0.25, -0.2) is 0 Å². The fourth-order valence-electron chi connectivity index (χ4n) is 0.760. The predicted molar refractivity (Wildman–Crippen MR) is 58.7 cm³/mol. The Morgan fingerprint density at radius 2 is 1.13 bits per heavy atom. The zero-order valence-corrected chi connectivity index (χ0v) is 9.40. The van der Waals surface area contributed by atoms with Crippen molar-refractivity contribution in [3.8, 4) is 0 Å². The molecule has 7 nitrogen and oxygen atoms in total. The van der Waals surface area contributed by atoms with Crippen LogP contribution in [0.1, 0.15) is 0 Å². The standard InChI is InChI=1S/C6H15NO3.CH2O2.ClH.H3N/c8-4-1-7(2-5-9)3-6-10;2-1-3;;/h8-10H,1-6H2;1H,(H,2,3);1H;1H3. The summed E-state index contributed by atoms with van der Waals surface area (Å²) < 4.78 is 0. The molecule has 0 amide bonds. The Morgan fingerprint density at radius 3 is 1.27 bits per heavy atom. The number of aliphatic hydroxyl groups excluding tert-OH is 3. The molecule has 8 heteroatoms. The summed E-state index contributed by atoms with van der Waals surface area (Å²) in [6.45, 7) is 1.50. The van der Waals surface area contributed by atoms with Gasteiger partial charge < -0.3 is 26.6 Å². The van der Waals surface area contributed by atoms with Crippen LogP contribution < -0.4 is 6.15 Å². The molecule has 96 valence electrons. The van der Waals surface area contributed by atoms with E-state index in [-0.39, 0.29) is 44.9 Å². The molecule has 0 bridgehead atoms. The molecule has 0 aromatic carbocycles. The van der Waals surface area contributed by atoms with Crippen molar-refractivity contribution in [3.05, 3.63) is 0 Å². The second kappa shape index (κ2) is 23.4. The lowest BCUT2D eigenvalue weighted by Gasteiger charge is -2.17. The molecule has 0 heterocycles. The minimum atomic E-state index is -0.250. The zero-order chi connectivity index (χ0) is 10.5. The average molecular weight is 249 g/mol. The molecule has 15 heavy (non-hydrogen) atoms. The maximum Gasteiger partial charge on any atom is 0.290 e. The molecule has 0 spiro atoms. The van der Waals surface area contributed by atoms with Gasteiger partial charge in [0.05, 0.1) is 19.8 Å². The first-order valence-corrected chi connectivity index (χ1v) is 3.89. The summed E-state index contributed by atoms with van der Waals surface area (Å²) in [5.74, 6) is 0. The topological polar surface area (TPSA) is 136 Å². The minimum Gasteiger partial charge on any atom is -0.483 e. The van der Waals surface area contributed by atoms with Crippen LogP contribution in [0.15, 0.2) is 0 Å². The van der Waals surface area contributed by atoms with E-state index in [4.69, 9.17) is 25.2 Å². The van der Waals surface area contributed by atoms with Gasteiger partial charge in [0.2, 0.25) is 0 Å². The molecule has 0 aliphatic heterocycles. The molecule has 0 aliphatic rings. The molecule has 0 radical (unpaired) electrons. The van der Waals surface area contributed by atoms with E-state index in [0.29, 0.717) is 19.6 Å². The lowest BCUT2D eigenvalue weighted by molar-refractivity contribution is -0.122. The highest BCUT2D eigenvalue weighted by Crippen LogP contribution is 1.84.